The van der Waals surface area contributed by atoms with E-state index >= 15 is 0 Å². The number of nitriles is 1. The van der Waals surface area contributed by atoms with Gasteiger partial charge in [0.2, 0.25) is 0 Å². The van der Waals surface area contributed by atoms with Gasteiger partial charge in [0, 0.05) is 18.5 Å². The van der Waals surface area contributed by atoms with E-state index in [2.05, 4.69) is 15.3 Å². The maximum Gasteiger partial charge on any atom is 0.356 e. The fourth-order valence-corrected chi connectivity index (χ4v) is 5.33. The fraction of sp³-hybridized carbons (Fsp3) is 0.375. The highest BCUT2D eigenvalue weighted by molar-refractivity contribution is 6.29. The summed E-state index contributed by atoms with van der Waals surface area (Å²) in [7, 11) is 0. The number of halogens is 3. The molecule has 2 N–H and O–H groups in total. The van der Waals surface area contributed by atoms with Gasteiger partial charge in [0.1, 0.15) is 11.2 Å². The highest BCUT2D eigenvalue weighted by atomic mass is 35.5. The summed E-state index contributed by atoms with van der Waals surface area (Å²) in [6.45, 7) is 4.09. The molecule has 2 fully saturated rings. The number of aromatic carboxylic acids is 1. The predicted molar refractivity (Wildman–Crippen MR) is 126 cm³/mol. The van der Waals surface area contributed by atoms with E-state index in [1.165, 1.54) is 17.0 Å². The van der Waals surface area contributed by atoms with Gasteiger partial charge in [-0.1, -0.05) is 17.7 Å². The minimum Gasteiger partial charge on any atom is -0.476 e. The zero-order valence-corrected chi connectivity index (χ0v) is 19.6. The van der Waals surface area contributed by atoms with Gasteiger partial charge < -0.3 is 15.3 Å². The Hall–Kier alpha value is -3.58. The summed E-state index contributed by atoms with van der Waals surface area (Å²) in [5, 5.41) is 22.4. The van der Waals surface area contributed by atoms with E-state index < -0.39 is 24.0 Å². The number of carbonyl (C=O) groups is 1. The average molecular weight is 499 g/mol. The second-order valence-electron chi connectivity index (χ2n) is 9.17. The third-order valence-corrected chi connectivity index (χ3v) is 6.85. The summed E-state index contributed by atoms with van der Waals surface area (Å²) in [5.74, 6) is -4.07. The second kappa shape index (κ2) is 8.27. The van der Waals surface area contributed by atoms with E-state index in [1.54, 1.807) is 6.07 Å². The number of piperidine rings is 1. The van der Waals surface area contributed by atoms with Crippen molar-refractivity contribution in [2.45, 2.75) is 44.7 Å². The van der Waals surface area contributed by atoms with E-state index in [1.807, 2.05) is 26.0 Å². The Morgan fingerprint density at radius 1 is 1.34 bits per heavy atom. The van der Waals surface area contributed by atoms with Gasteiger partial charge in [-0.25, -0.2) is 28.5 Å². The molecule has 8 nitrogen and oxygen atoms in total. The van der Waals surface area contributed by atoms with Gasteiger partial charge in [0.15, 0.2) is 17.2 Å². The van der Waals surface area contributed by atoms with E-state index in [0.29, 0.717) is 29.6 Å². The number of carboxylic acid groups (broad SMARTS) is 1. The van der Waals surface area contributed by atoms with Crippen LogP contribution in [-0.2, 0) is 0 Å². The number of carboxylic acids is 1. The number of rotatable bonds is 5. The number of aryl methyl sites for hydroxylation is 1. The van der Waals surface area contributed by atoms with Crippen molar-refractivity contribution < 1.29 is 18.7 Å². The smallest absolute Gasteiger partial charge is 0.356 e. The van der Waals surface area contributed by atoms with Crippen molar-refractivity contribution >= 4 is 40.1 Å². The number of aromatic nitrogens is 3. The average Bonchev–Trinajstić information content (AvgIpc) is 3.35. The predicted octanol–water partition coefficient (Wildman–Crippen LogP) is 4.96. The molecule has 35 heavy (non-hydrogen) atoms. The SMILES string of the molecule is Cc1cc(C(C)Nc2ccc(Cl)nc2C(=O)O)c2nc(N3CC4CC3C(F)(F)C4)c(C#N)nc2c1. The summed E-state index contributed by atoms with van der Waals surface area (Å²) in [4.78, 5) is 26.2. The standard InChI is InChI=1S/C24H21ClF2N6O2/c1-11-5-14(12(2)29-15-3-4-19(25)31-21(15)23(34)35)20-16(6-11)30-17(9-28)22(32-20)33-10-13-7-18(33)24(26,27)8-13/h3-6,12-13,18,29H,7-8,10H2,1-2H3,(H,34,35). The van der Waals surface area contributed by atoms with Crippen LogP contribution in [0, 0.1) is 24.2 Å². The fourth-order valence-electron chi connectivity index (χ4n) is 5.18. The number of benzene rings is 1. The molecule has 1 saturated carbocycles. The molecule has 0 amide bonds. The lowest BCUT2D eigenvalue weighted by atomic mass is 10.0. The Labute approximate surface area is 204 Å². The monoisotopic (exact) mass is 498 g/mol. The van der Waals surface area contributed by atoms with Crippen LogP contribution in [0.4, 0.5) is 20.3 Å². The van der Waals surface area contributed by atoms with Gasteiger partial charge in [-0.15, -0.1) is 0 Å². The van der Waals surface area contributed by atoms with Gasteiger partial charge in [-0.2, -0.15) is 5.26 Å². The summed E-state index contributed by atoms with van der Waals surface area (Å²) < 4.78 is 29.0. The van der Waals surface area contributed by atoms with Crippen molar-refractivity contribution in [1.82, 2.24) is 15.0 Å². The van der Waals surface area contributed by atoms with Crippen molar-refractivity contribution in [1.29, 1.82) is 5.26 Å². The van der Waals surface area contributed by atoms with E-state index in [0.717, 1.165) is 5.56 Å². The topological polar surface area (TPSA) is 115 Å². The zero-order valence-electron chi connectivity index (χ0n) is 18.9. The molecule has 1 saturated heterocycles. The molecule has 5 rings (SSSR count). The molecule has 2 bridgehead atoms. The summed E-state index contributed by atoms with van der Waals surface area (Å²) in [5.41, 5.74) is 2.49. The molecule has 1 aliphatic carbocycles. The Kier molecular flexibility index (Phi) is 5.48. The number of nitrogens with one attached hydrogen (secondary N) is 1. The van der Waals surface area contributed by atoms with Gasteiger partial charge in [0.25, 0.3) is 5.92 Å². The molecule has 3 atom stereocenters. The normalized spacial score (nSPS) is 21.2. The van der Waals surface area contributed by atoms with Crippen LogP contribution in [0.5, 0.6) is 0 Å². The third-order valence-electron chi connectivity index (χ3n) is 6.64. The van der Waals surface area contributed by atoms with Crippen molar-refractivity contribution in [3.8, 4) is 6.07 Å². The van der Waals surface area contributed by atoms with Gasteiger partial charge in [-0.05, 0) is 49.9 Å². The molecule has 0 spiro atoms. The molecule has 3 heterocycles. The Bertz CT molecular complexity index is 1410. The maximum absolute atomic E-state index is 14.5. The number of hydrogen-bond donors (Lipinski definition) is 2. The Balaban J connectivity index is 1.60. The first-order valence-corrected chi connectivity index (χ1v) is 11.5. The van der Waals surface area contributed by atoms with Gasteiger partial charge >= 0.3 is 5.97 Å². The number of alkyl halides is 2. The summed E-state index contributed by atoms with van der Waals surface area (Å²) in [6, 6.07) is 7.23. The molecular weight excluding hydrogens is 478 g/mol. The first-order valence-electron chi connectivity index (χ1n) is 11.1. The number of anilines is 2. The number of fused-ring (bicyclic) bond motifs is 3. The Morgan fingerprint density at radius 2 is 2.11 bits per heavy atom. The molecule has 3 aromatic rings. The maximum atomic E-state index is 14.5. The minimum atomic E-state index is -2.84. The highest BCUT2D eigenvalue weighted by Crippen LogP contribution is 2.49. The number of nitrogens with zero attached hydrogens (tertiary/aromatic N) is 5. The van der Waals surface area contributed by atoms with Crippen LogP contribution in [0.15, 0.2) is 24.3 Å². The van der Waals surface area contributed by atoms with Crippen molar-refractivity contribution in [3.63, 3.8) is 0 Å². The Morgan fingerprint density at radius 3 is 2.77 bits per heavy atom. The quantitative estimate of drug-likeness (QED) is 0.474. The van der Waals surface area contributed by atoms with Crippen LogP contribution in [0.25, 0.3) is 11.0 Å². The van der Waals surface area contributed by atoms with Gasteiger partial charge in [0.05, 0.1) is 28.8 Å². The number of pyridine rings is 1. The van der Waals surface area contributed by atoms with Crippen LogP contribution >= 0.6 is 11.6 Å². The van der Waals surface area contributed by atoms with E-state index in [-0.39, 0.29) is 40.4 Å². The lowest BCUT2D eigenvalue weighted by Gasteiger charge is -2.34. The van der Waals surface area contributed by atoms with Crippen molar-refractivity contribution in [3.05, 3.63) is 51.9 Å². The first kappa shape index (κ1) is 23.2. The van der Waals surface area contributed by atoms with Crippen molar-refractivity contribution in [2.75, 3.05) is 16.8 Å². The molecule has 2 aliphatic rings. The molecule has 0 radical (unpaired) electrons. The second-order valence-corrected chi connectivity index (χ2v) is 9.55. The van der Waals surface area contributed by atoms with Crippen LogP contribution in [-0.4, -0.2) is 44.5 Å². The molecule has 2 aromatic heterocycles. The molecule has 3 unspecified atom stereocenters. The summed E-state index contributed by atoms with van der Waals surface area (Å²) in [6.07, 6.45) is 0.210. The molecule has 11 heteroatoms. The van der Waals surface area contributed by atoms with Gasteiger partial charge in [-0.3, -0.25) is 0 Å². The minimum absolute atomic E-state index is 0.00748. The van der Waals surface area contributed by atoms with Crippen LogP contribution in [0.1, 0.15) is 53.1 Å². The third kappa shape index (κ3) is 4.00. The molecule has 1 aromatic carbocycles. The number of hydrogen-bond acceptors (Lipinski definition) is 7. The van der Waals surface area contributed by atoms with E-state index in [4.69, 9.17) is 16.6 Å². The summed E-state index contributed by atoms with van der Waals surface area (Å²) >= 11 is 5.86. The van der Waals surface area contributed by atoms with Crippen LogP contribution in [0.2, 0.25) is 5.15 Å². The first-order chi connectivity index (χ1) is 16.6. The lowest BCUT2D eigenvalue weighted by molar-refractivity contribution is -0.0206. The van der Waals surface area contributed by atoms with Crippen LogP contribution in [0.3, 0.4) is 0 Å². The molecule has 180 valence electrons. The largest absolute Gasteiger partial charge is 0.476 e. The lowest BCUT2D eigenvalue weighted by Crippen LogP contribution is -2.46. The molecule has 1 aliphatic heterocycles. The van der Waals surface area contributed by atoms with Crippen LogP contribution < -0.4 is 10.2 Å². The van der Waals surface area contributed by atoms with E-state index in [9.17, 15) is 23.9 Å². The molecular formula is C24H21ClF2N6O2. The highest BCUT2D eigenvalue weighted by Gasteiger charge is 2.57. The van der Waals surface area contributed by atoms with Crippen molar-refractivity contribution in [2.24, 2.45) is 5.92 Å². The zero-order chi connectivity index (χ0) is 25.1.